The first kappa shape index (κ1) is 16.7. The van der Waals surface area contributed by atoms with Crippen molar-refractivity contribution in [1.82, 2.24) is 15.1 Å². The van der Waals surface area contributed by atoms with Crippen LogP contribution in [-0.4, -0.2) is 65.7 Å². The molecular weight excluding hydrogens is 234 g/mol. The van der Waals surface area contributed by atoms with Gasteiger partial charge in [-0.05, 0) is 41.8 Å². The van der Waals surface area contributed by atoms with Gasteiger partial charge in [0.25, 0.3) is 0 Å². The van der Waals surface area contributed by atoms with Crippen molar-refractivity contribution in [3.8, 4) is 0 Å². The van der Waals surface area contributed by atoms with Gasteiger partial charge in [0.2, 0.25) is 0 Å². The van der Waals surface area contributed by atoms with E-state index in [0.29, 0.717) is 6.54 Å². The highest BCUT2D eigenvalue weighted by atomic mass is 16.4. The van der Waals surface area contributed by atoms with E-state index < -0.39 is 11.5 Å². The van der Waals surface area contributed by atoms with E-state index in [4.69, 9.17) is 5.11 Å². The maximum Gasteiger partial charge on any atom is 0.328 e. The number of hydrogen-bond acceptors (Lipinski definition) is 3. The summed E-state index contributed by atoms with van der Waals surface area (Å²) in [5.41, 5.74) is -1.26. The van der Waals surface area contributed by atoms with Crippen LogP contribution in [0.1, 0.15) is 27.7 Å². The fourth-order valence-electron chi connectivity index (χ4n) is 1.68. The van der Waals surface area contributed by atoms with Crippen LogP contribution >= 0.6 is 0 Å². The molecule has 0 fully saturated rings. The minimum absolute atomic E-state index is 0.0228. The van der Waals surface area contributed by atoms with E-state index in [-0.39, 0.29) is 12.1 Å². The topological polar surface area (TPSA) is 72.9 Å². The molecule has 0 saturated carbocycles. The minimum Gasteiger partial charge on any atom is -0.480 e. The van der Waals surface area contributed by atoms with Crippen LogP contribution in [-0.2, 0) is 4.79 Å². The quantitative estimate of drug-likeness (QED) is 0.741. The second kappa shape index (κ2) is 6.58. The lowest BCUT2D eigenvalue weighted by Crippen LogP contribution is -2.56. The Morgan fingerprint density at radius 2 is 1.83 bits per heavy atom. The number of nitrogens with zero attached hydrogens (tertiary/aromatic N) is 2. The van der Waals surface area contributed by atoms with E-state index in [1.165, 1.54) is 13.8 Å². The molecule has 0 bridgehead atoms. The maximum atomic E-state index is 12.1. The van der Waals surface area contributed by atoms with Crippen molar-refractivity contribution in [2.75, 3.05) is 27.2 Å². The monoisotopic (exact) mass is 259 g/mol. The van der Waals surface area contributed by atoms with Gasteiger partial charge in [0.05, 0.1) is 0 Å². The Balaban J connectivity index is 4.67. The number of nitrogens with one attached hydrogen (secondary N) is 1. The van der Waals surface area contributed by atoms with Crippen LogP contribution in [0, 0.1) is 0 Å². The molecule has 6 heteroatoms. The summed E-state index contributed by atoms with van der Waals surface area (Å²) in [5.74, 6) is -1.05. The van der Waals surface area contributed by atoms with Crippen molar-refractivity contribution in [2.24, 2.45) is 0 Å². The molecule has 0 rings (SSSR count). The molecule has 0 aromatic carbocycles. The van der Waals surface area contributed by atoms with Gasteiger partial charge in [-0.2, -0.15) is 0 Å². The van der Waals surface area contributed by atoms with E-state index in [9.17, 15) is 9.59 Å². The molecule has 2 amide bonds. The predicted molar refractivity (Wildman–Crippen MR) is 70.6 cm³/mol. The fourth-order valence-corrected chi connectivity index (χ4v) is 1.68. The van der Waals surface area contributed by atoms with Crippen molar-refractivity contribution >= 4 is 12.0 Å². The van der Waals surface area contributed by atoms with Gasteiger partial charge in [-0.25, -0.2) is 9.59 Å². The van der Waals surface area contributed by atoms with Crippen LogP contribution in [0.25, 0.3) is 0 Å². The van der Waals surface area contributed by atoms with E-state index in [0.717, 1.165) is 6.54 Å². The molecule has 0 heterocycles. The largest absolute Gasteiger partial charge is 0.480 e. The summed E-state index contributed by atoms with van der Waals surface area (Å²) < 4.78 is 0. The average molecular weight is 259 g/mol. The van der Waals surface area contributed by atoms with Gasteiger partial charge in [0.1, 0.15) is 5.54 Å². The zero-order valence-electron chi connectivity index (χ0n) is 12.1. The Morgan fingerprint density at radius 3 is 2.17 bits per heavy atom. The van der Waals surface area contributed by atoms with Crippen LogP contribution in [0.3, 0.4) is 0 Å². The van der Waals surface area contributed by atoms with Gasteiger partial charge in [-0.1, -0.05) is 0 Å². The van der Waals surface area contributed by atoms with Gasteiger partial charge in [0.15, 0.2) is 0 Å². The Labute approximate surface area is 109 Å². The number of aliphatic carboxylic acids is 1. The zero-order valence-corrected chi connectivity index (χ0v) is 12.1. The third-order valence-electron chi connectivity index (χ3n) is 2.72. The number of carbonyl (C=O) groups excluding carboxylic acids is 1. The van der Waals surface area contributed by atoms with Gasteiger partial charge in [-0.3, -0.25) is 0 Å². The molecule has 1 unspecified atom stereocenters. The summed E-state index contributed by atoms with van der Waals surface area (Å²) >= 11 is 0. The maximum absolute atomic E-state index is 12.1. The first-order valence-corrected chi connectivity index (χ1v) is 6.08. The molecule has 0 aliphatic rings. The zero-order chi connectivity index (χ0) is 14.5. The van der Waals surface area contributed by atoms with E-state index in [1.54, 1.807) is 4.90 Å². The third kappa shape index (κ3) is 4.91. The van der Waals surface area contributed by atoms with Crippen molar-refractivity contribution in [3.05, 3.63) is 0 Å². The lowest BCUT2D eigenvalue weighted by Gasteiger charge is -2.33. The van der Waals surface area contributed by atoms with Crippen LogP contribution in [0.15, 0.2) is 0 Å². The van der Waals surface area contributed by atoms with Crippen LogP contribution in [0.5, 0.6) is 0 Å². The first-order valence-electron chi connectivity index (χ1n) is 6.08. The summed E-state index contributed by atoms with van der Waals surface area (Å²) in [4.78, 5) is 26.6. The molecule has 18 heavy (non-hydrogen) atoms. The van der Waals surface area contributed by atoms with Crippen molar-refractivity contribution in [2.45, 2.75) is 39.3 Å². The lowest BCUT2D eigenvalue weighted by molar-refractivity contribution is -0.143. The molecule has 0 saturated heterocycles. The summed E-state index contributed by atoms with van der Waals surface area (Å²) in [6.07, 6.45) is 0. The number of amides is 2. The highest BCUT2D eigenvalue weighted by molar-refractivity contribution is 5.85. The summed E-state index contributed by atoms with van der Waals surface area (Å²) in [6.45, 7) is 8.02. The molecule has 2 N–H and O–H groups in total. The standard InChI is InChI=1S/C12H25N3O3/c1-7-15(9(2)8-14(5)6)11(18)13-12(3,4)10(16)17/h9H,7-8H2,1-6H3,(H,13,18)(H,16,17). The van der Waals surface area contributed by atoms with E-state index in [1.807, 2.05) is 32.8 Å². The molecule has 0 aliphatic carbocycles. The highest BCUT2D eigenvalue weighted by Gasteiger charge is 2.31. The Kier molecular flexibility index (Phi) is 6.11. The molecule has 0 spiro atoms. The third-order valence-corrected chi connectivity index (χ3v) is 2.72. The first-order chi connectivity index (χ1) is 8.11. The summed E-state index contributed by atoms with van der Waals surface area (Å²) in [6, 6.07) is -0.325. The van der Waals surface area contributed by atoms with E-state index in [2.05, 4.69) is 5.32 Å². The highest BCUT2D eigenvalue weighted by Crippen LogP contribution is 2.06. The summed E-state index contributed by atoms with van der Waals surface area (Å²) in [7, 11) is 3.87. The Bertz CT molecular complexity index is 303. The van der Waals surface area contributed by atoms with Gasteiger partial charge < -0.3 is 20.2 Å². The SMILES string of the molecule is CCN(C(=O)NC(C)(C)C(=O)O)C(C)CN(C)C. The fraction of sp³-hybridized carbons (Fsp3) is 0.833. The molecule has 1 atom stereocenters. The number of rotatable bonds is 6. The van der Waals surface area contributed by atoms with Crippen molar-refractivity contribution in [1.29, 1.82) is 0 Å². The second-order valence-corrected chi connectivity index (χ2v) is 5.26. The normalized spacial score (nSPS) is 13.3. The van der Waals surface area contributed by atoms with Crippen LogP contribution in [0.2, 0.25) is 0 Å². The van der Waals surface area contributed by atoms with Crippen molar-refractivity contribution < 1.29 is 14.7 Å². The lowest BCUT2D eigenvalue weighted by atomic mass is 10.1. The number of carboxylic acid groups (broad SMARTS) is 1. The minimum atomic E-state index is -1.26. The molecule has 0 radical (unpaired) electrons. The molecule has 0 aromatic rings. The smallest absolute Gasteiger partial charge is 0.328 e. The molecule has 106 valence electrons. The number of hydrogen-bond donors (Lipinski definition) is 2. The van der Waals surface area contributed by atoms with Gasteiger partial charge >= 0.3 is 12.0 Å². The van der Waals surface area contributed by atoms with Crippen LogP contribution in [0.4, 0.5) is 4.79 Å². The average Bonchev–Trinajstić information content (AvgIpc) is 2.15. The molecular formula is C12H25N3O3. The van der Waals surface area contributed by atoms with Gasteiger partial charge in [0, 0.05) is 19.1 Å². The number of likely N-dealkylation sites (N-methyl/N-ethyl adjacent to an activating group) is 2. The Morgan fingerprint density at radius 1 is 1.33 bits per heavy atom. The van der Waals surface area contributed by atoms with Crippen molar-refractivity contribution in [3.63, 3.8) is 0 Å². The second-order valence-electron chi connectivity index (χ2n) is 5.26. The Hall–Kier alpha value is -1.30. The number of urea groups is 1. The molecule has 6 nitrogen and oxygen atoms in total. The molecule has 0 aromatic heterocycles. The predicted octanol–water partition coefficient (Wildman–Crippen LogP) is 0.831. The molecule has 0 aliphatic heterocycles. The number of carbonyl (C=O) groups is 2. The van der Waals surface area contributed by atoms with Crippen LogP contribution < -0.4 is 5.32 Å². The number of carboxylic acids is 1. The van der Waals surface area contributed by atoms with Gasteiger partial charge in [-0.15, -0.1) is 0 Å². The summed E-state index contributed by atoms with van der Waals surface area (Å²) in [5, 5.41) is 11.5. The van der Waals surface area contributed by atoms with E-state index >= 15 is 0 Å².